The minimum absolute atomic E-state index is 0.0629. The minimum Gasteiger partial charge on any atom is -0.461 e. The van der Waals surface area contributed by atoms with Crippen molar-refractivity contribution in [3.8, 4) is 17.3 Å². The third-order valence-corrected chi connectivity index (χ3v) is 11.6. The first kappa shape index (κ1) is 33.4. The molecule has 4 aliphatic heterocycles. The fourth-order valence-electron chi connectivity index (χ4n) is 8.75. The Kier molecular flexibility index (Phi) is 8.33. The Morgan fingerprint density at radius 3 is 2.64 bits per heavy atom. The lowest BCUT2D eigenvalue weighted by Gasteiger charge is -2.42. The Hall–Kier alpha value is -3.77. The molecule has 4 atom stereocenters. The highest BCUT2D eigenvalue weighted by Gasteiger charge is 2.50. The molecule has 264 valence electrons. The molecule has 12 heteroatoms. The van der Waals surface area contributed by atoms with Crippen LogP contribution in [0.2, 0.25) is 0 Å². The Labute approximate surface area is 295 Å². The number of carbonyl (C=O) groups is 1. The second-order valence-electron chi connectivity index (χ2n) is 15.4. The highest BCUT2D eigenvalue weighted by molar-refractivity contribution is 7.98. The van der Waals surface area contributed by atoms with E-state index >= 15 is 4.39 Å². The first-order valence-electron chi connectivity index (χ1n) is 17.7. The fourth-order valence-corrected chi connectivity index (χ4v) is 9.40. The van der Waals surface area contributed by atoms with Gasteiger partial charge in [0.1, 0.15) is 35.4 Å². The van der Waals surface area contributed by atoms with Crippen molar-refractivity contribution in [3.63, 3.8) is 0 Å². The van der Waals surface area contributed by atoms with Crippen LogP contribution in [-0.4, -0.2) is 99.3 Å². The van der Waals surface area contributed by atoms with Crippen LogP contribution in [0.1, 0.15) is 58.4 Å². The predicted molar refractivity (Wildman–Crippen MR) is 192 cm³/mol. The maximum Gasteiger partial charge on any atom is 0.410 e. The summed E-state index contributed by atoms with van der Waals surface area (Å²) in [5, 5.41) is 2.44. The average Bonchev–Trinajstić information content (AvgIpc) is 3.69. The summed E-state index contributed by atoms with van der Waals surface area (Å²) in [5.41, 5.74) is 1.04. The summed E-state index contributed by atoms with van der Waals surface area (Å²) >= 11 is 1.61. The van der Waals surface area contributed by atoms with E-state index < -0.39 is 23.1 Å². The number of aryl methyl sites for hydroxylation is 1. The van der Waals surface area contributed by atoms with E-state index in [1.807, 2.05) is 63.1 Å². The van der Waals surface area contributed by atoms with Crippen molar-refractivity contribution in [3.05, 3.63) is 47.9 Å². The van der Waals surface area contributed by atoms with Gasteiger partial charge in [-0.1, -0.05) is 18.2 Å². The summed E-state index contributed by atoms with van der Waals surface area (Å²) in [4.78, 5) is 34.8. The van der Waals surface area contributed by atoms with Gasteiger partial charge in [0.15, 0.2) is 5.82 Å². The van der Waals surface area contributed by atoms with E-state index in [0.717, 1.165) is 53.5 Å². The largest absolute Gasteiger partial charge is 0.461 e. The topological polar surface area (TPSA) is 83.9 Å². The molecule has 0 aliphatic carbocycles. The number of carbonyl (C=O) groups excluding carboxylic acids is 1. The van der Waals surface area contributed by atoms with Crippen LogP contribution >= 0.6 is 11.8 Å². The smallest absolute Gasteiger partial charge is 0.410 e. The number of amides is 1. The quantitative estimate of drug-likeness (QED) is 0.189. The maximum atomic E-state index is 17.1. The number of anilines is 1. The molecule has 4 saturated heterocycles. The number of hydrogen-bond donors (Lipinski definition) is 0. The number of thioether (sulfide) groups is 1. The molecule has 4 aromatic rings. The molecule has 2 aromatic heterocycles. The van der Waals surface area contributed by atoms with Gasteiger partial charge in [0.25, 0.3) is 0 Å². The van der Waals surface area contributed by atoms with Crippen LogP contribution < -0.4 is 9.64 Å². The van der Waals surface area contributed by atoms with Gasteiger partial charge in [-0.05, 0) is 89.3 Å². The number of halogens is 2. The molecule has 4 fully saturated rings. The van der Waals surface area contributed by atoms with E-state index in [4.69, 9.17) is 24.4 Å². The normalized spacial score (nSPS) is 25.1. The van der Waals surface area contributed by atoms with Gasteiger partial charge in [-0.15, -0.1) is 11.8 Å². The maximum absolute atomic E-state index is 17.1. The second-order valence-corrected chi connectivity index (χ2v) is 16.3. The van der Waals surface area contributed by atoms with Crippen molar-refractivity contribution in [2.24, 2.45) is 0 Å². The van der Waals surface area contributed by atoms with Gasteiger partial charge in [-0.25, -0.2) is 13.6 Å². The lowest BCUT2D eigenvalue weighted by Crippen LogP contribution is -2.57. The van der Waals surface area contributed by atoms with Crippen LogP contribution in [0.15, 0.2) is 41.4 Å². The van der Waals surface area contributed by atoms with E-state index in [0.29, 0.717) is 42.8 Å². The van der Waals surface area contributed by atoms with Gasteiger partial charge in [0.05, 0.1) is 23.0 Å². The number of nitrogens with zero attached hydrogens (tertiary/aromatic N) is 6. The number of hydrogen-bond acceptors (Lipinski definition) is 9. The van der Waals surface area contributed by atoms with Gasteiger partial charge in [-0.2, -0.15) is 9.97 Å². The van der Waals surface area contributed by atoms with Crippen LogP contribution in [0.25, 0.3) is 32.9 Å². The first-order chi connectivity index (χ1) is 23.9. The van der Waals surface area contributed by atoms with Crippen molar-refractivity contribution >= 4 is 45.3 Å². The van der Waals surface area contributed by atoms with E-state index in [9.17, 15) is 9.18 Å². The van der Waals surface area contributed by atoms with Gasteiger partial charge < -0.3 is 14.4 Å². The van der Waals surface area contributed by atoms with Crippen LogP contribution in [0, 0.1) is 12.7 Å². The third-order valence-electron chi connectivity index (χ3n) is 10.8. The Morgan fingerprint density at radius 1 is 1.12 bits per heavy atom. The Morgan fingerprint density at radius 2 is 1.90 bits per heavy atom. The average molecular weight is 703 g/mol. The lowest BCUT2D eigenvalue weighted by molar-refractivity contribution is 0.0122. The summed E-state index contributed by atoms with van der Waals surface area (Å²) in [6.07, 6.45) is 6.39. The number of pyridine rings is 1. The van der Waals surface area contributed by atoms with Crippen molar-refractivity contribution in [1.82, 2.24) is 24.8 Å². The number of aromatic nitrogens is 3. The van der Waals surface area contributed by atoms with E-state index in [2.05, 4.69) is 15.9 Å². The molecule has 6 heterocycles. The van der Waals surface area contributed by atoms with Gasteiger partial charge >= 0.3 is 12.1 Å². The van der Waals surface area contributed by atoms with Gasteiger partial charge in [0, 0.05) is 48.1 Å². The number of ether oxygens (including phenoxy) is 2. The van der Waals surface area contributed by atoms with E-state index in [1.54, 1.807) is 18.0 Å². The number of benzene rings is 2. The zero-order valence-corrected chi connectivity index (χ0v) is 30.2. The van der Waals surface area contributed by atoms with Gasteiger partial charge in [0.2, 0.25) is 0 Å². The SMILES string of the molecule is CSc1cccc2cc(C)cc(-c3ncc4c(N5CC6CCC(C5)N6C(=O)OC(C)(C)C)nc(OC[C@@]56CCCN5C[C@H](F)C6)nc4c3F)c12. The number of fused-ring (bicyclic) bond motifs is 5. The molecule has 0 N–H and O–H groups in total. The van der Waals surface area contributed by atoms with E-state index in [-0.39, 0.29) is 42.0 Å². The summed E-state index contributed by atoms with van der Waals surface area (Å²) < 4.78 is 43.9. The fraction of sp³-hybridized carbons (Fsp3) is 0.526. The number of alkyl halides is 1. The molecule has 2 bridgehead atoms. The molecule has 9 nitrogen and oxygen atoms in total. The molecular formula is C38H44F2N6O3S. The predicted octanol–water partition coefficient (Wildman–Crippen LogP) is 7.56. The van der Waals surface area contributed by atoms with Crippen molar-refractivity contribution in [1.29, 1.82) is 0 Å². The summed E-state index contributed by atoms with van der Waals surface area (Å²) in [5.74, 6) is -0.0160. The molecule has 2 aromatic carbocycles. The molecule has 8 rings (SSSR count). The summed E-state index contributed by atoms with van der Waals surface area (Å²) in [7, 11) is 0. The van der Waals surface area contributed by atoms with E-state index in [1.165, 1.54) is 0 Å². The molecular weight excluding hydrogens is 659 g/mol. The van der Waals surface area contributed by atoms with Crippen LogP contribution in [-0.2, 0) is 4.74 Å². The first-order valence-corrected chi connectivity index (χ1v) is 18.9. The highest BCUT2D eigenvalue weighted by Crippen LogP contribution is 2.43. The highest BCUT2D eigenvalue weighted by atomic mass is 32.2. The molecule has 4 aliphatic rings. The zero-order valence-electron chi connectivity index (χ0n) is 29.3. The second kappa shape index (κ2) is 12.5. The molecule has 1 amide bonds. The molecule has 0 radical (unpaired) electrons. The Bertz CT molecular complexity index is 1980. The molecule has 2 unspecified atom stereocenters. The van der Waals surface area contributed by atoms with Gasteiger partial charge in [-0.3, -0.25) is 14.8 Å². The van der Waals surface area contributed by atoms with Crippen molar-refractivity contribution in [2.75, 3.05) is 43.9 Å². The zero-order chi connectivity index (χ0) is 34.9. The number of rotatable bonds is 6. The monoisotopic (exact) mass is 702 g/mol. The molecule has 50 heavy (non-hydrogen) atoms. The minimum atomic E-state index is -0.898. The summed E-state index contributed by atoms with van der Waals surface area (Å²) in [6.45, 7) is 10.1. The van der Waals surface area contributed by atoms with Crippen molar-refractivity contribution < 1.29 is 23.0 Å². The molecule has 0 saturated carbocycles. The van der Waals surface area contributed by atoms with Crippen LogP contribution in [0.5, 0.6) is 6.01 Å². The van der Waals surface area contributed by atoms with Crippen LogP contribution in [0.4, 0.5) is 19.4 Å². The molecule has 0 spiro atoms. The lowest BCUT2D eigenvalue weighted by atomic mass is 9.95. The standard InChI is InChI=1S/C38H44F2N6O3S/c1-22-14-23-8-6-9-29(50-5)30(23)27(15-22)32-31(40)33-28(17-41-32)34(43-35(42-33)48-21-38-12-7-13-45(38)18-24(39)16-38)44-19-25-10-11-26(20-44)46(25)36(47)49-37(2,3)4/h6,8-9,14-15,17,24-26H,7,10-13,16,18-21H2,1-5H3/t24-,25?,26?,38+/m1/s1. The number of piperazine rings is 1. The van der Waals surface area contributed by atoms with Crippen LogP contribution in [0.3, 0.4) is 0 Å². The summed E-state index contributed by atoms with van der Waals surface area (Å²) in [6, 6.07) is 10.1. The van der Waals surface area contributed by atoms with Crippen molar-refractivity contribution in [2.45, 2.75) is 94.1 Å². The Balaban J connectivity index is 1.22. The third kappa shape index (κ3) is 5.81.